The molecule has 0 saturated heterocycles. The molecule has 13 heteroatoms. The smallest absolute Gasteiger partial charge is 0.475 e. The van der Waals surface area contributed by atoms with Crippen LogP contribution in [0.3, 0.4) is 0 Å². The van der Waals surface area contributed by atoms with E-state index in [1.807, 2.05) is 47.4 Å². The zero-order valence-electron chi connectivity index (χ0n) is 24.6. The molecule has 1 aliphatic carbocycles. The van der Waals surface area contributed by atoms with E-state index in [0.717, 1.165) is 34.6 Å². The van der Waals surface area contributed by atoms with Crippen LogP contribution in [0.5, 0.6) is 0 Å². The first-order valence-electron chi connectivity index (χ1n) is 14.6. The number of hydrogen-bond donors (Lipinski definition) is 5. The maximum Gasteiger partial charge on any atom is 0.490 e. The van der Waals surface area contributed by atoms with Crippen molar-refractivity contribution >= 4 is 23.7 Å². The predicted octanol–water partition coefficient (Wildman–Crippen LogP) is 6.12. The SMILES string of the molecule is NCc1ccc2c(c1C1CC1)CCN(C(Cc1ccccc1)c1ncc(-c3ccc(NC(=O)O)cc3)[nH]1)C2=O.O=C(O)C(F)(F)F. The van der Waals surface area contributed by atoms with Gasteiger partial charge in [-0.15, -0.1) is 0 Å². The van der Waals surface area contributed by atoms with Crippen LogP contribution in [0.2, 0.25) is 0 Å². The standard InChI is InChI=1S/C31H31N5O3.C2HF3O2/c32-17-22-10-13-25-24(28(22)21-6-7-21)14-15-36(30(25)37)27(16-19-4-2-1-3-5-19)29-33-18-26(35-29)20-8-11-23(12-9-20)34-31(38)39;3-2(4,5)1(6)7/h1-5,8-13,18,21,27,34H,6-7,14-17,32H2,(H,33,35)(H,38,39);(H,6,7). The van der Waals surface area contributed by atoms with Crippen LogP contribution >= 0.6 is 0 Å². The van der Waals surface area contributed by atoms with E-state index >= 15 is 0 Å². The largest absolute Gasteiger partial charge is 0.490 e. The zero-order chi connectivity index (χ0) is 33.0. The Balaban J connectivity index is 0.000000537. The van der Waals surface area contributed by atoms with Crippen LogP contribution in [0.4, 0.5) is 23.7 Å². The quantitative estimate of drug-likeness (QED) is 0.156. The number of rotatable bonds is 8. The summed E-state index contributed by atoms with van der Waals surface area (Å²) in [5, 5.41) is 18.4. The lowest BCUT2D eigenvalue weighted by molar-refractivity contribution is -0.192. The number of hydrogen-bond acceptors (Lipinski definition) is 5. The summed E-state index contributed by atoms with van der Waals surface area (Å²) in [5.41, 5.74) is 13.8. The number of nitrogens with two attached hydrogens (primary N) is 1. The minimum Gasteiger partial charge on any atom is -0.475 e. The van der Waals surface area contributed by atoms with Crippen molar-refractivity contribution in [1.29, 1.82) is 0 Å². The molecule has 0 radical (unpaired) electrons. The fourth-order valence-electron chi connectivity index (χ4n) is 5.73. The number of aliphatic carboxylic acids is 1. The summed E-state index contributed by atoms with van der Waals surface area (Å²) in [4.78, 5) is 44.0. The number of carbonyl (C=O) groups is 3. The monoisotopic (exact) mass is 635 g/mol. The maximum absolute atomic E-state index is 14.0. The summed E-state index contributed by atoms with van der Waals surface area (Å²) in [5.74, 6) is -1.47. The Morgan fingerprint density at radius 2 is 1.72 bits per heavy atom. The highest BCUT2D eigenvalue weighted by atomic mass is 19.4. The van der Waals surface area contributed by atoms with Gasteiger partial charge < -0.3 is 25.8 Å². The van der Waals surface area contributed by atoms with E-state index in [0.29, 0.717) is 31.1 Å². The molecule has 1 aliphatic heterocycles. The van der Waals surface area contributed by atoms with E-state index in [1.54, 1.807) is 18.3 Å². The molecule has 240 valence electrons. The van der Waals surface area contributed by atoms with Crippen LogP contribution in [0.25, 0.3) is 11.3 Å². The van der Waals surface area contributed by atoms with Gasteiger partial charge in [0, 0.05) is 30.8 Å². The molecule has 2 aliphatic rings. The van der Waals surface area contributed by atoms with Crippen LogP contribution in [-0.2, 0) is 24.2 Å². The topological polar surface area (TPSA) is 162 Å². The lowest BCUT2D eigenvalue weighted by atomic mass is 9.87. The average Bonchev–Trinajstić information content (AvgIpc) is 3.75. The van der Waals surface area contributed by atoms with E-state index < -0.39 is 18.2 Å². The van der Waals surface area contributed by atoms with Crippen molar-refractivity contribution in [3.63, 3.8) is 0 Å². The van der Waals surface area contributed by atoms with Gasteiger partial charge in [0.05, 0.1) is 17.9 Å². The number of alkyl halides is 3. The zero-order valence-corrected chi connectivity index (χ0v) is 24.6. The summed E-state index contributed by atoms with van der Waals surface area (Å²) >= 11 is 0. The number of benzene rings is 3. The second kappa shape index (κ2) is 13.4. The Bertz CT molecular complexity index is 1720. The lowest BCUT2D eigenvalue weighted by Crippen LogP contribution is -2.42. The van der Waals surface area contributed by atoms with Gasteiger partial charge in [-0.05, 0) is 71.2 Å². The minimum atomic E-state index is -5.08. The van der Waals surface area contributed by atoms with Gasteiger partial charge in [-0.1, -0.05) is 48.5 Å². The Labute approximate surface area is 262 Å². The van der Waals surface area contributed by atoms with Crippen molar-refractivity contribution in [2.24, 2.45) is 5.73 Å². The first-order chi connectivity index (χ1) is 22.0. The third kappa shape index (κ3) is 7.37. The molecule has 2 heterocycles. The van der Waals surface area contributed by atoms with Crippen molar-refractivity contribution in [3.05, 3.63) is 107 Å². The molecule has 3 aromatic carbocycles. The maximum atomic E-state index is 14.0. The molecule has 46 heavy (non-hydrogen) atoms. The number of aromatic amines is 1. The molecule has 1 saturated carbocycles. The molecule has 4 aromatic rings. The third-order valence-electron chi connectivity index (χ3n) is 8.00. The molecule has 6 N–H and O–H groups in total. The van der Waals surface area contributed by atoms with Gasteiger partial charge in [0.15, 0.2) is 0 Å². The molecule has 1 fully saturated rings. The molecule has 10 nitrogen and oxygen atoms in total. The Morgan fingerprint density at radius 3 is 2.30 bits per heavy atom. The summed E-state index contributed by atoms with van der Waals surface area (Å²) in [6, 6.07) is 21.0. The van der Waals surface area contributed by atoms with Gasteiger partial charge in [0.1, 0.15) is 5.82 Å². The number of carbonyl (C=O) groups excluding carboxylic acids is 1. The van der Waals surface area contributed by atoms with Gasteiger partial charge >= 0.3 is 18.2 Å². The second-order valence-electron chi connectivity index (χ2n) is 11.1. The number of nitrogens with zero attached hydrogens (tertiary/aromatic N) is 2. The summed E-state index contributed by atoms with van der Waals surface area (Å²) < 4.78 is 31.7. The van der Waals surface area contributed by atoms with Crippen LogP contribution in [-0.4, -0.2) is 55.8 Å². The molecule has 6 rings (SSSR count). The lowest BCUT2D eigenvalue weighted by Gasteiger charge is -2.36. The molecular formula is C33H32F3N5O5. The third-order valence-corrected chi connectivity index (χ3v) is 8.00. The van der Waals surface area contributed by atoms with Crippen molar-refractivity contribution in [2.45, 2.75) is 50.4 Å². The van der Waals surface area contributed by atoms with Crippen molar-refractivity contribution in [2.75, 3.05) is 11.9 Å². The number of halogens is 3. The highest BCUT2D eigenvalue weighted by Gasteiger charge is 2.38. The molecule has 2 amide bonds. The van der Waals surface area contributed by atoms with E-state index in [4.69, 9.17) is 25.7 Å². The number of amides is 2. The van der Waals surface area contributed by atoms with Crippen LogP contribution < -0.4 is 11.1 Å². The Kier molecular flexibility index (Phi) is 9.42. The van der Waals surface area contributed by atoms with Gasteiger partial charge in [0.2, 0.25) is 0 Å². The molecule has 1 atom stereocenters. The van der Waals surface area contributed by atoms with E-state index in [1.165, 1.54) is 29.5 Å². The number of carboxylic acid groups (broad SMARTS) is 2. The van der Waals surface area contributed by atoms with Crippen molar-refractivity contribution in [1.82, 2.24) is 14.9 Å². The number of fused-ring (bicyclic) bond motifs is 1. The van der Waals surface area contributed by atoms with Crippen LogP contribution in [0.15, 0.2) is 72.9 Å². The van der Waals surface area contributed by atoms with E-state index in [2.05, 4.69) is 22.4 Å². The number of nitrogens with one attached hydrogen (secondary N) is 2. The predicted molar refractivity (Wildman–Crippen MR) is 163 cm³/mol. The average molecular weight is 636 g/mol. The fraction of sp³-hybridized carbons (Fsp3) is 0.273. The van der Waals surface area contributed by atoms with Gasteiger partial charge in [0.25, 0.3) is 5.91 Å². The number of imidazole rings is 1. The van der Waals surface area contributed by atoms with Crippen LogP contribution in [0.1, 0.15) is 63.2 Å². The number of aromatic nitrogens is 2. The highest BCUT2D eigenvalue weighted by molar-refractivity contribution is 5.97. The first kappa shape index (κ1) is 32.2. The summed E-state index contributed by atoms with van der Waals surface area (Å²) in [6.45, 7) is 1.11. The Morgan fingerprint density at radius 1 is 1.04 bits per heavy atom. The van der Waals surface area contributed by atoms with Gasteiger partial charge in [-0.3, -0.25) is 10.1 Å². The van der Waals surface area contributed by atoms with Gasteiger partial charge in [-0.2, -0.15) is 13.2 Å². The van der Waals surface area contributed by atoms with Gasteiger partial charge in [-0.25, -0.2) is 14.6 Å². The summed E-state index contributed by atoms with van der Waals surface area (Å²) in [7, 11) is 0. The minimum absolute atomic E-state index is 0.0321. The summed E-state index contributed by atoms with van der Waals surface area (Å²) in [6.07, 6.45) is -0.647. The van der Waals surface area contributed by atoms with Crippen molar-refractivity contribution < 1.29 is 37.8 Å². The molecular weight excluding hydrogens is 603 g/mol. The number of H-pyrrole nitrogens is 1. The normalized spacial score (nSPS) is 15.0. The Hall–Kier alpha value is -5.17. The van der Waals surface area contributed by atoms with E-state index in [-0.39, 0.29) is 11.9 Å². The second-order valence-corrected chi connectivity index (χ2v) is 11.1. The van der Waals surface area contributed by atoms with Crippen LogP contribution in [0, 0.1) is 0 Å². The molecule has 0 spiro atoms. The fourth-order valence-corrected chi connectivity index (χ4v) is 5.73. The molecule has 1 unspecified atom stereocenters. The first-order valence-corrected chi connectivity index (χ1v) is 14.6. The number of carboxylic acids is 1. The highest BCUT2D eigenvalue weighted by Crippen LogP contribution is 2.45. The molecule has 0 bridgehead atoms. The van der Waals surface area contributed by atoms with Crippen molar-refractivity contribution in [3.8, 4) is 11.3 Å². The molecule has 1 aromatic heterocycles. The number of anilines is 1. The van der Waals surface area contributed by atoms with E-state index in [9.17, 15) is 22.8 Å².